The van der Waals surface area contributed by atoms with Crippen molar-refractivity contribution in [3.05, 3.63) is 76.9 Å². The molecule has 0 aromatic heterocycles. The van der Waals surface area contributed by atoms with E-state index >= 15 is 0 Å². The molecule has 3 rings (SSSR count). The minimum Gasteiger partial charge on any atom is -0.316 e. The molecule has 1 N–H and O–H groups in total. The largest absolute Gasteiger partial charge is 0.316 e. The fourth-order valence-electron chi connectivity index (χ4n) is 3.02. The van der Waals surface area contributed by atoms with E-state index in [0.717, 1.165) is 19.4 Å². The fourth-order valence-corrected chi connectivity index (χ4v) is 3.02. The van der Waals surface area contributed by atoms with E-state index in [1.165, 1.54) is 33.4 Å². The number of aryl methyl sites for hydroxylation is 2. The summed E-state index contributed by atoms with van der Waals surface area (Å²) in [5.74, 6) is 0. The molecule has 0 fully saturated rings. The number of nitrogens with one attached hydrogen (secondary N) is 1. The second-order valence-electron chi connectivity index (χ2n) is 5.12. The maximum atomic E-state index is 4.37. The van der Waals surface area contributed by atoms with Crippen molar-refractivity contribution < 1.29 is 0 Å². The molecule has 0 heterocycles. The number of rotatable bonds is 2. The molecule has 1 aliphatic rings. The zero-order chi connectivity index (χ0) is 13.2. The van der Waals surface area contributed by atoms with E-state index < -0.39 is 0 Å². The standard InChI is InChI=1S/C18H19N/c1-13-17-9-4-3-6-14(17)10-11-15-7-5-8-16(12-19-2)18(13)15/h3-9,19H,1,10-12H2,2H3. The predicted molar refractivity (Wildman–Crippen MR) is 81.2 cm³/mol. The first-order chi connectivity index (χ1) is 9.31. The van der Waals surface area contributed by atoms with Gasteiger partial charge in [0, 0.05) is 6.54 Å². The van der Waals surface area contributed by atoms with Crippen LogP contribution in [-0.2, 0) is 19.4 Å². The van der Waals surface area contributed by atoms with E-state index in [1.54, 1.807) is 0 Å². The zero-order valence-electron chi connectivity index (χ0n) is 11.4. The van der Waals surface area contributed by atoms with Gasteiger partial charge in [-0.1, -0.05) is 49.0 Å². The quantitative estimate of drug-likeness (QED) is 0.858. The zero-order valence-corrected chi connectivity index (χ0v) is 11.4. The average molecular weight is 249 g/mol. The molecule has 1 aliphatic carbocycles. The Bertz CT molecular complexity index is 625. The second kappa shape index (κ2) is 5.02. The van der Waals surface area contributed by atoms with E-state index in [0.29, 0.717) is 0 Å². The minimum absolute atomic E-state index is 0.893. The molecule has 0 spiro atoms. The summed E-state index contributed by atoms with van der Waals surface area (Å²) in [4.78, 5) is 0. The predicted octanol–water partition coefficient (Wildman–Crippen LogP) is 3.57. The highest BCUT2D eigenvalue weighted by atomic mass is 14.8. The molecule has 0 saturated carbocycles. The number of hydrogen-bond donors (Lipinski definition) is 1. The summed E-state index contributed by atoms with van der Waals surface area (Å²) in [5.41, 5.74) is 8.02. The summed E-state index contributed by atoms with van der Waals surface area (Å²) in [6, 6.07) is 15.3. The molecule has 2 aromatic rings. The third-order valence-electron chi connectivity index (χ3n) is 3.91. The molecule has 0 saturated heterocycles. The highest BCUT2D eigenvalue weighted by Crippen LogP contribution is 2.34. The van der Waals surface area contributed by atoms with Crippen molar-refractivity contribution in [2.45, 2.75) is 19.4 Å². The molecule has 1 nitrogen and oxygen atoms in total. The summed E-state index contributed by atoms with van der Waals surface area (Å²) in [6.07, 6.45) is 2.20. The van der Waals surface area contributed by atoms with Crippen LogP contribution >= 0.6 is 0 Å². The van der Waals surface area contributed by atoms with E-state index in [1.807, 2.05) is 7.05 Å². The Hall–Kier alpha value is -1.86. The van der Waals surface area contributed by atoms with Crippen molar-refractivity contribution in [2.24, 2.45) is 0 Å². The van der Waals surface area contributed by atoms with Crippen LogP contribution in [0.1, 0.15) is 27.8 Å². The first-order valence-electron chi connectivity index (χ1n) is 6.84. The molecule has 1 heteroatoms. The average Bonchev–Trinajstić information content (AvgIpc) is 2.58. The Morgan fingerprint density at radius 1 is 1.00 bits per heavy atom. The van der Waals surface area contributed by atoms with Gasteiger partial charge in [0.1, 0.15) is 0 Å². The van der Waals surface area contributed by atoms with Crippen molar-refractivity contribution in [1.82, 2.24) is 5.32 Å². The van der Waals surface area contributed by atoms with E-state index in [9.17, 15) is 0 Å². The van der Waals surface area contributed by atoms with Gasteiger partial charge in [-0.3, -0.25) is 0 Å². The Kier molecular flexibility index (Phi) is 3.22. The van der Waals surface area contributed by atoms with Crippen molar-refractivity contribution in [2.75, 3.05) is 7.05 Å². The number of benzene rings is 2. The van der Waals surface area contributed by atoms with Gasteiger partial charge in [0.2, 0.25) is 0 Å². The maximum Gasteiger partial charge on any atom is 0.0208 e. The van der Waals surface area contributed by atoms with Gasteiger partial charge in [-0.15, -0.1) is 0 Å². The lowest BCUT2D eigenvalue weighted by Crippen LogP contribution is -2.09. The van der Waals surface area contributed by atoms with E-state index in [4.69, 9.17) is 0 Å². The van der Waals surface area contributed by atoms with Crippen LogP contribution in [0.4, 0.5) is 0 Å². The lowest BCUT2D eigenvalue weighted by molar-refractivity contribution is 0.812. The molecule has 0 radical (unpaired) electrons. The highest BCUT2D eigenvalue weighted by molar-refractivity contribution is 5.84. The van der Waals surface area contributed by atoms with Gasteiger partial charge in [-0.2, -0.15) is 0 Å². The maximum absolute atomic E-state index is 4.37. The van der Waals surface area contributed by atoms with Crippen molar-refractivity contribution in [3.8, 4) is 0 Å². The fraction of sp³-hybridized carbons (Fsp3) is 0.222. The van der Waals surface area contributed by atoms with Gasteiger partial charge in [0.15, 0.2) is 0 Å². The summed E-state index contributed by atoms with van der Waals surface area (Å²) >= 11 is 0. The molecule has 2 aromatic carbocycles. The molecule has 0 bridgehead atoms. The summed E-state index contributed by atoms with van der Waals surface area (Å²) in [6.45, 7) is 5.27. The van der Waals surface area contributed by atoms with E-state index in [2.05, 4.69) is 54.4 Å². The molecule has 0 unspecified atom stereocenters. The number of fused-ring (bicyclic) bond motifs is 2. The van der Waals surface area contributed by atoms with Gasteiger partial charge in [0.25, 0.3) is 0 Å². The Morgan fingerprint density at radius 3 is 2.58 bits per heavy atom. The van der Waals surface area contributed by atoms with Crippen molar-refractivity contribution in [3.63, 3.8) is 0 Å². The third kappa shape index (κ3) is 2.11. The van der Waals surface area contributed by atoms with Crippen LogP contribution in [0.25, 0.3) is 5.57 Å². The van der Waals surface area contributed by atoms with Gasteiger partial charge < -0.3 is 5.32 Å². The van der Waals surface area contributed by atoms with Gasteiger partial charge in [0.05, 0.1) is 0 Å². The molecule has 0 aliphatic heterocycles. The van der Waals surface area contributed by atoms with Crippen LogP contribution in [-0.4, -0.2) is 7.05 Å². The van der Waals surface area contributed by atoms with Crippen LogP contribution in [0.3, 0.4) is 0 Å². The van der Waals surface area contributed by atoms with Crippen molar-refractivity contribution in [1.29, 1.82) is 0 Å². The molecule has 19 heavy (non-hydrogen) atoms. The SMILES string of the molecule is C=C1c2ccccc2CCc2cccc(CNC)c21. The Balaban J connectivity index is 2.18. The van der Waals surface area contributed by atoms with Gasteiger partial charge in [-0.25, -0.2) is 0 Å². The lowest BCUT2D eigenvalue weighted by atomic mass is 9.91. The van der Waals surface area contributed by atoms with Crippen LogP contribution in [0, 0.1) is 0 Å². The van der Waals surface area contributed by atoms with Gasteiger partial charge in [-0.05, 0) is 53.3 Å². The van der Waals surface area contributed by atoms with Crippen LogP contribution in [0.2, 0.25) is 0 Å². The minimum atomic E-state index is 0.893. The summed E-state index contributed by atoms with van der Waals surface area (Å²) in [7, 11) is 1.99. The molecule has 0 atom stereocenters. The third-order valence-corrected chi connectivity index (χ3v) is 3.91. The normalized spacial score (nSPS) is 13.6. The highest BCUT2D eigenvalue weighted by Gasteiger charge is 2.18. The molecular formula is C18H19N. The monoisotopic (exact) mass is 249 g/mol. The summed E-state index contributed by atoms with van der Waals surface area (Å²) in [5, 5.41) is 3.26. The Labute approximate surface area is 115 Å². The van der Waals surface area contributed by atoms with Crippen LogP contribution < -0.4 is 5.32 Å². The van der Waals surface area contributed by atoms with Gasteiger partial charge >= 0.3 is 0 Å². The van der Waals surface area contributed by atoms with Crippen LogP contribution in [0.15, 0.2) is 49.0 Å². The molecule has 0 amide bonds. The Morgan fingerprint density at radius 2 is 1.74 bits per heavy atom. The first kappa shape index (κ1) is 12.2. The summed E-state index contributed by atoms with van der Waals surface area (Å²) < 4.78 is 0. The first-order valence-corrected chi connectivity index (χ1v) is 6.84. The van der Waals surface area contributed by atoms with Crippen LogP contribution in [0.5, 0.6) is 0 Å². The molecule has 96 valence electrons. The topological polar surface area (TPSA) is 12.0 Å². The smallest absolute Gasteiger partial charge is 0.0208 e. The van der Waals surface area contributed by atoms with E-state index in [-0.39, 0.29) is 0 Å². The van der Waals surface area contributed by atoms with Crippen molar-refractivity contribution >= 4 is 5.57 Å². The lowest BCUT2D eigenvalue weighted by Gasteiger charge is -2.15. The second-order valence-corrected chi connectivity index (χ2v) is 5.12. The molecular weight excluding hydrogens is 230 g/mol. The number of hydrogen-bond acceptors (Lipinski definition) is 1.